The number of pyridine rings is 2. The Balaban J connectivity index is 0.000000360. The number of allylic oxidation sites excluding steroid dienone is 1. The monoisotopic (exact) mass is 1090 g/mol. The van der Waals surface area contributed by atoms with Gasteiger partial charge in [-0.2, -0.15) is 0 Å². The highest BCUT2D eigenvalue weighted by molar-refractivity contribution is 8.76. The van der Waals surface area contributed by atoms with Crippen LogP contribution in [0, 0.1) is 17.8 Å². The summed E-state index contributed by atoms with van der Waals surface area (Å²) in [5, 5.41) is 8.39. The van der Waals surface area contributed by atoms with E-state index in [0.717, 1.165) is 53.5 Å². The van der Waals surface area contributed by atoms with Crippen molar-refractivity contribution in [3.63, 3.8) is 0 Å². The molecule has 1 atom stereocenters. The molecular weight excluding hydrogens is 1020 g/mol. The van der Waals surface area contributed by atoms with Gasteiger partial charge in [0.2, 0.25) is 12.7 Å². The van der Waals surface area contributed by atoms with E-state index < -0.39 is 12.2 Å². The Hall–Kier alpha value is -6.79. The van der Waals surface area contributed by atoms with Gasteiger partial charge >= 0.3 is 12.2 Å². The molecule has 1 unspecified atom stereocenters. The molecule has 77 heavy (non-hydrogen) atoms. The van der Waals surface area contributed by atoms with E-state index in [-0.39, 0.29) is 54.9 Å². The third-order valence-electron chi connectivity index (χ3n) is 13.6. The predicted molar refractivity (Wildman–Crippen MR) is 307 cm³/mol. The van der Waals surface area contributed by atoms with Gasteiger partial charge in [-0.25, -0.2) is 9.59 Å². The lowest BCUT2D eigenvalue weighted by Gasteiger charge is -2.34. The molecule has 2 N–H and O–H groups in total. The standard InChI is InChI=1S/C43H52N4O8S2.C16H21NO3/c1-9-42(2,3)24-43(4,5)25-45-38(48)14-17-56-57-28-12-10-27(11-13-28)23-53-41(50)46(6)15-16-47-39-31-20-36-37(55-26-54-36)21-33(31)44-22-32(39)29-18-34(51-7)35(52-8)19-30(29)40(47)49;1-4-5-6-12-10-15(12)20-16(18)17-13-9-11(2)7-8-14(13)19-3/h10-13,18-22H,9,14-17,23-26H2,1-8H3,(H,45,48);6-9,15H,4-5,10H2,1-3H3,(H,17,18)/b;12-6-. The van der Waals surface area contributed by atoms with E-state index in [4.69, 9.17) is 38.1 Å². The Morgan fingerprint density at radius 2 is 1.57 bits per heavy atom. The smallest absolute Gasteiger partial charge is 0.412 e. The lowest BCUT2D eigenvalue weighted by Crippen LogP contribution is -2.36. The topological polar surface area (TPSA) is 178 Å². The number of amides is 3. The molecule has 2 aliphatic rings. The van der Waals surface area contributed by atoms with Crippen molar-refractivity contribution in [3.8, 4) is 28.7 Å². The fraction of sp³-hybridized carbons (Fsp3) is 0.441. The molecule has 0 saturated heterocycles. The van der Waals surface area contributed by atoms with Gasteiger partial charge in [0.25, 0.3) is 5.56 Å². The van der Waals surface area contributed by atoms with Gasteiger partial charge in [0, 0.05) is 78.6 Å². The maximum Gasteiger partial charge on any atom is 0.412 e. The van der Waals surface area contributed by atoms with Crippen molar-refractivity contribution >= 4 is 77.9 Å². The Morgan fingerprint density at radius 3 is 2.26 bits per heavy atom. The van der Waals surface area contributed by atoms with Gasteiger partial charge in [-0.15, -0.1) is 0 Å². The van der Waals surface area contributed by atoms with Crippen LogP contribution < -0.4 is 39.9 Å². The van der Waals surface area contributed by atoms with Crippen molar-refractivity contribution in [3.05, 3.63) is 106 Å². The van der Waals surface area contributed by atoms with E-state index in [2.05, 4.69) is 58.3 Å². The zero-order valence-electron chi connectivity index (χ0n) is 46.2. The lowest BCUT2D eigenvalue weighted by atomic mass is 9.73. The highest BCUT2D eigenvalue weighted by Gasteiger charge is 2.33. The molecule has 6 aromatic rings. The number of aryl methyl sites for hydroxylation is 1. The van der Waals surface area contributed by atoms with Gasteiger partial charge < -0.3 is 47.9 Å². The largest absolute Gasteiger partial charge is 0.495 e. The number of nitrogens with one attached hydrogen (secondary N) is 2. The van der Waals surface area contributed by atoms with Crippen molar-refractivity contribution in [1.82, 2.24) is 19.8 Å². The second-order valence-electron chi connectivity index (χ2n) is 20.9. The Morgan fingerprint density at radius 1 is 0.870 bits per heavy atom. The predicted octanol–water partition coefficient (Wildman–Crippen LogP) is 12.9. The van der Waals surface area contributed by atoms with E-state index in [1.807, 2.05) is 55.5 Å². The lowest BCUT2D eigenvalue weighted by molar-refractivity contribution is -0.121. The number of carbonyl (C=O) groups excluding carboxylic acids is 3. The molecule has 4 aromatic carbocycles. The summed E-state index contributed by atoms with van der Waals surface area (Å²) in [6, 6.07) is 20.5. The summed E-state index contributed by atoms with van der Waals surface area (Å²) in [7, 11) is 9.55. The highest BCUT2D eigenvalue weighted by atomic mass is 33.1. The van der Waals surface area contributed by atoms with Crippen molar-refractivity contribution in [1.29, 1.82) is 0 Å². The number of carbonyl (C=O) groups is 3. The Bertz CT molecular complexity index is 3180. The SMILES string of the molecule is CCC(C)(C)CC(C)(C)CNC(=O)CCSSc1ccc(COC(=O)N(C)CCn2c(=O)c3cc(OC)c(OC)cc3c3cnc4cc5c(cc4c32)OCO5)cc1.CCC/C=C1/CC1OC(=O)Nc1cc(C)ccc1OC. The highest BCUT2D eigenvalue weighted by Crippen LogP contribution is 2.41. The summed E-state index contributed by atoms with van der Waals surface area (Å²) in [5.41, 5.74) is 5.08. The van der Waals surface area contributed by atoms with Crippen LogP contribution in [0.15, 0.2) is 94.3 Å². The summed E-state index contributed by atoms with van der Waals surface area (Å²) in [6.07, 6.45) is 8.55. The van der Waals surface area contributed by atoms with E-state index in [1.165, 1.54) is 17.6 Å². The first-order chi connectivity index (χ1) is 36.9. The normalized spacial score (nSPS) is 14.2. The number of hydrogen-bond acceptors (Lipinski definition) is 14. The van der Waals surface area contributed by atoms with Gasteiger partial charge in [0.15, 0.2) is 23.0 Å². The van der Waals surface area contributed by atoms with Crippen LogP contribution in [0.25, 0.3) is 32.6 Å². The van der Waals surface area contributed by atoms with Gasteiger partial charge in [-0.3, -0.25) is 19.9 Å². The summed E-state index contributed by atoms with van der Waals surface area (Å²) in [5.74, 6) is 3.47. The quantitative estimate of drug-likeness (QED) is 0.0284. The second-order valence-corrected chi connectivity index (χ2v) is 23.3. The molecule has 3 heterocycles. The average molecular weight is 1090 g/mol. The molecule has 0 bridgehead atoms. The summed E-state index contributed by atoms with van der Waals surface area (Å²) < 4.78 is 40.2. The minimum absolute atomic E-state index is 0.0441. The number of unbranched alkanes of at least 4 members (excludes halogenated alkanes) is 1. The molecule has 1 aliphatic heterocycles. The number of ether oxygens (including phenoxy) is 7. The third kappa shape index (κ3) is 15.2. The molecular formula is C59H73N5O11S2. The number of nitrogens with zero attached hydrogens (tertiary/aromatic N) is 3. The molecule has 8 rings (SSSR count). The average Bonchev–Trinajstić information content (AvgIpc) is 4.02. The first-order valence-corrected chi connectivity index (χ1v) is 28.3. The van der Waals surface area contributed by atoms with Crippen LogP contribution in [-0.2, 0) is 27.4 Å². The van der Waals surface area contributed by atoms with E-state index in [0.29, 0.717) is 80.3 Å². The molecule has 2 aromatic heterocycles. The minimum atomic E-state index is -0.515. The minimum Gasteiger partial charge on any atom is -0.495 e. The van der Waals surface area contributed by atoms with Crippen LogP contribution in [0.4, 0.5) is 15.3 Å². The third-order valence-corrected chi connectivity index (χ3v) is 16.0. The van der Waals surface area contributed by atoms with E-state index in [9.17, 15) is 19.2 Å². The number of hydrogen-bond donors (Lipinski definition) is 2. The Labute approximate surface area is 459 Å². The van der Waals surface area contributed by atoms with Crippen LogP contribution >= 0.6 is 21.6 Å². The van der Waals surface area contributed by atoms with Crippen molar-refractivity contribution in [2.24, 2.45) is 10.8 Å². The molecule has 16 nitrogen and oxygen atoms in total. The fourth-order valence-corrected chi connectivity index (χ4v) is 11.2. The molecule has 412 valence electrons. The van der Waals surface area contributed by atoms with Crippen molar-refractivity contribution in [2.75, 3.05) is 59.3 Å². The number of likely N-dealkylation sites (N-methyl/N-ethyl adjacent to an activating group) is 1. The van der Waals surface area contributed by atoms with Crippen LogP contribution in [-0.4, -0.2) is 92.7 Å². The van der Waals surface area contributed by atoms with Crippen LogP contribution in [0.2, 0.25) is 0 Å². The van der Waals surface area contributed by atoms with Crippen molar-refractivity contribution < 1.29 is 47.5 Å². The molecule has 1 aliphatic carbocycles. The van der Waals surface area contributed by atoms with Crippen molar-refractivity contribution in [2.45, 2.75) is 111 Å². The van der Waals surface area contributed by atoms with Gasteiger partial charge in [-0.05, 0) is 89.8 Å². The molecule has 3 amide bonds. The first kappa shape index (κ1) is 57.9. The molecule has 1 saturated carbocycles. The molecule has 18 heteroatoms. The molecule has 1 fully saturated rings. The summed E-state index contributed by atoms with van der Waals surface area (Å²) in [6.45, 7) is 16.5. The number of benzene rings is 4. The number of methoxy groups -OCH3 is 3. The zero-order valence-corrected chi connectivity index (χ0v) is 47.9. The maximum atomic E-state index is 14.3. The van der Waals surface area contributed by atoms with Gasteiger partial charge in [-0.1, -0.05) is 100 Å². The second kappa shape index (κ2) is 26.0. The Kier molecular flexibility index (Phi) is 19.6. The summed E-state index contributed by atoms with van der Waals surface area (Å²) in [4.78, 5) is 59.0. The van der Waals surface area contributed by atoms with Crippen LogP contribution in [0.1, 0.15) is 91.2 Å². The van der Waals surface area contributed by atoms with Gasteiger partial charge in [0.1, 0.15) is 18.5 Å². The number of fused-ring (bicyclic) bond motifs is 6. The maximum absolute atomic E-state index is 14.3. The van der Waals surface area contributed by atoms with E-state index >= 15 is 0 Å². The molecule has 0 radical (unpaired) electrons. The zero-order chi connectivity index (χ0) is 55.4. The number of aromatic nitrogens is 2. The number of rotatable bonds is 22. The van der Waals surface area contributed by atoms with Crippen LogP contribution in [0.5, 0.6) is 28.7 Å². The number of anilines is 1. The van der Waals surface area contributed by atoms with Crippen LogP contribution in [0.3, 0.4) is 0 Å². The first-order valence-electron chi connectivity index (χ1n) is 26.0. The molecule has 0 spiro atoms. The summed E-state index contributed by atoms with van der Waals surface area (Å²) >= 11 is 0. The van der Waals surface area contributed by atoms with E-state index in [1.54, 1.807) is 71.8 Å². The van der Waals surface area contributed by atoms with Gasteiger partial charge in [0.05, 0.1) is 43.4 Å². The fourth-order valence-electron chi connectivity index (χ4n) is 9.19.